The molecule has 0 saturated heterocycles. The van der Waals surface area contributed by atoms with Crippen molar-refractivity contribution >= 4 is 33.1 Å². The van der Waals surface area contributed by atoms with Crippen molar-refractivity contribution in [3.05, 3.63) is 71.5 Å². The van der Waals surface area contributed by atoms with Crippen LogP contribution in [-0.2, 0) is 4.79 Å². The predicted molar refractivity (Wildman–Crippen MR) is 102 cm³/mol. The molecule has 0 saturated carbocycles. The highest BCUT2D eigenvalue weighted by atomic mass is 32.1. The van der Waals surface area contributed by atoms with E-state index >= 15 is 0 Å². The Kier molecular flexibility index (Phi) is 4.67. The zero-order valence-corrected chi connectivity index (χ0v) is 14.8. The molecule has 1 aromatic heterocycles. The van der Waals surface area contributed by atoms with E-state index in [1.807, 2.05) is 24.3 Å². The second-order valence-corrected chi connectivity index (χ2v) is 7.36. The summed E-state index contributed by atoms with van der Waals surface area (Å²) in [6.45, 7) is 0. The Morgan fingerprint density at radius 3 is 2.65 bits per heavy atom. The fraction of sp³-hybridized carbons (Fsp3) is 0.200. The Morgan fingerprint density at radius 2 is 1.85 bits per heavy atom. The van der Waals surface area contributed by atoms with Gasteiger partial charge in [0.15, 0.2) is 0 Å². The minimum absolute atomic E-state index is 0.0624. The van der Waals surface area contributed by atoms with Gasteiger partial charge in [-0.2, -0.15) is 0 Å². The summed E-state index contributed by atoms with van der Waals surface area (Å²) in [5.74, 6) is -0.515. The largest absolute Gasteiger partial charge is 0.299 e. The number of nitrogens with zero attached hydrogens (tertiary/aromatic N) is 1. The number of halogens is 1. The number of allylic oxidation sites excluding steroid dienone is 2. The fourth-order valence-corrected chi connectivity index (χ4v) is 4.33. The maximum Gasteiger partial charge on any atom is 0.242 e. The highest BCUT2D eigenvalue weighted by Gasteiger charge is 2.32. The van der Waals surface area contributed by atoms with Crippen molar-refractivity contribution in [2.45, 2.75) is 18.8 Å². The van der Waals surface area contributed by atoms with Crippen LogP contribution in [0.1, 0.15) is 23.8 Å². The molecule has 0 spiro atoms. The van der Waals surface area contributed by atoms with Crippen LogP contribution in [0.5, 0.6) is 0 Å². The van der Waals surface area contributed by atoms with Crippen LogP contribution in [0.2, 0.25) is 0 Å². The van der Waals surface area contributed by atoms with E-state index in [1.54, 1.807) is 23.5 Å². The van der Waals surface area contributed by atoms with Gasteiger partial charge in [0.25, 0.3) is 0 Å². The summed E-state index contributed by atoms with van der Waals surface area (Å²) in [4.78, 5) is 17.5. The molecule has 2 N–H and O–H groups in total. The topological polar surface area (TPSA) is 54.0 Å². The van der Waals surface area contributed by atoms with Gasteiger partial charge in [-0.25, -0.2) is 9.37 Å². The van der Waals surface area contributed by atoms with Crippen LogP contribution in [0.3, 0.4) is 0 Å². The van der Waals surface area contributed by atoms with Crippen LogP contribution >= 0.6 is 11.3 Å². The maximum atomic E-state index is 13.0. The molecule has 1 aliphatic carbocycles. The molecule has 4 nitrogen and oxygen atoms in total. The van der Waals surface area contributed by atoms with E-state index in [9.17, 15) is 9.18 Å². The van der Waals surface area contributed by atoms with E-state index in [0.29, 0.717) is 12.1 Å². The molecular weight excluding hydrogens is 349 g/mol. The van der Waals surface area contributed by atoms with Crippen LogP contribution in [0, 0.1) is 11.7 Å². The zero-order chi connectivity index (χ0) is 17.9. The summed E-state index contributed by atoms with van der Waals surface area (Å²) < 4.78 is 14.1. The number of thiazole rings is 1. The van der Waals surface area contributed by atoms with E-state index in [2.05, 4.69) is 23.0 Å². The van der Waals surface area contributed by atoms with Gasteiger partial charge in [-0.3, -0.25) is 15.6 Å². The lowest BCUT2D eigenvalue weighted by molar-refractivity contribution is -0.125. The molecule has 26 heavy (non-hydrogen) atoms. The molecule has 4 rings (SSSR count). The lowest BCUT2D eigenvalue weighted by atomic mass is 9.83. The first-order valence-corrected chi connectivity index (χ1v) is 9.34. The Morgan fingerprint density at radius 1 is 1.08 bits per heavy atom. The Hall–Kier alpha value is -2.73. The minimum Gasteiger partial charge on any atom is -0.299 e. The van der Waals surface area contributed by atoms with Crippen LogP contribution in [-0.4, -0.2) is 10.9 Å². The number of carbonyl (C=O) groups excluding carboxylic acids is 1. The second-order valence-electron chi connectivity index (χ2n) is 6.30. The van der Waals surface area contributed by atoms with Gasteiger partial charge in [0, 0.05) is 5.92 Å². The Balaban J connectivity index is 1.50. The number of fused-ring (bicyclic) bond motifs is 1. The summed E-state index contributed by atoms with van der Waals surface area (Å²) in [6.07, 6.45) is 5.64. The summed E-state index contributed by atoms with van der Waals surface area (Å²) >= 11 is 1.65. The third-order valence-corrected chi connectivity index (χ3v) is 5.74. The number of nitrogens with one attached hydrogen (secondary N) is 2. The number of carbonyl (C=O) groups is 1. The molecule has 132 valence electrons. The molecule has 0 unspecified atom stereocenters. The number of rotatable bonds is 4. The molecule has 1 aliphatic rings. The van der Waals surface area contributed by atoms with Crippen LogP contribution < -0.4 is 10.9 Å². The number of amides is 1. The molecule has 1 heterocycles. The first-order chi connectivity index (χ1) is 12.7. The van der Waals surface area contributed by atoms with Gasteiger partial charge in [-0.05, 0) is 49.2 Å². The van der Waals surface area contributed by atoms with Crippen molar-refractivity contribution in [2.24, 2.45) is 5.92 Å². The van der Waals surface area contributed by atoms with Gasteiger partial charge in [0.2, 0.25) is 5.91 Å². The summed E-state index contributed by atoms with van der Waals surface area (Å²) in [5.41, 5.74) is 7.23. The SMILES string of the molecule is O=C(NNc1ccc(F)cc1)[C@@H]1CC=CC[C@@H]1c1nc2ccccc2s1. The van der Waals surface area contributed by atoms with Crippen molar-refractivity contribution in [3.8, 4) is 0 Å². The Bertz CT molecular complexity index is 918. The lowest BCUT2D eigenvalue weighted by Crippen LogP contribution is -2.38. The summed E-state index contributed by atoms with van der Waals surface area (Å²) in [7, 11) is 0. The summed E-state index contributed by atoms with van der Waals surface area (Å²) in [6, 6.07) is 13.9. The average Bonchev–Trinajstić information content (AvgIpc) is 3.11. The quantitative estimate of drug-likeness (QED) is 0.522. The lowest BCUT2D eigenvalue weighted by Gasteiger charge is -2.26. The van der Waals surface area contributed by atoms with Gasteiger partial charge in [-0.1, -0.05) is 24.3 Å². The molecular formula is C20H18FN3OS. The summed E-state index contributed by atoms with van der Waals surface area (Å²) in [5, 5.41) is 0.998. The van der Waals surface area contributed by atoms with Crippen molar-refractivity contribution in [1.82, 2.24) is 10.4 Å². The molecule has 2 atom stereocenters. The molecule has 1 amide bonds. The molecule has 6 heteroatoms. The van der Waals surface area contributed by atoms with Crippen molar-refractivity contribution < 1.29 is 9.18 Å². The van der Waals surface area contributed by atoms with Gasteiger partial charge in [0.1, 0.15) is 5.82 Å². The number of anilines is 1. The van der Waals surface area contributed by atoms with Crippen LogP contribution in [0.25, 0.3) is 10.2 Å². The normalized spacial score (nSPS) is 19.4. The van der Waals surface area contributed by atoms with Gasteiger partial charge < -0.3 is 0 Å². The van der Waals surface area contributed by atoms with Gasteiger partial charge in [0.05, 0.1) is 26.8 Å². The first-order valence-electron chi connectivity index (χ1n) is 8.52. The number of hydrazine groups is 1. The standard InChI is InChI=1S/C20H18FN3OS/c21-13-9-11-14(12-10-13)23-24-19(25)15-5-1-2-6-16(15)20-22-17-7-3-4-8-18(17)26-20/h1-4,7-12,15-16,23H,5-6H2,(H,24,25)/t15-,16+/m1/s1. The van der Waals surface area contributed by atoms with Crippen molar-refractivity contribution in [2.75, 3.05) is 5.43 Å². The highest BCUT2D eigenvalue weighted by molar-refractivity contribution is 7.18. The molecule has 0 fully saturated rings. The molecule has 2 aromatic carbocycles. The monoisotopic (exact) mass is 367 g/mol. The molecule has 0 radical (unpaired) electrons. The molecule has 0 aliphatic heterocycles. The smallest absolute Gasteiger partial charge is 0.242 e. The van der Waals surface area contributed by atoms with E-state index in [4.69, 9.17) is 4.98 Å². The van der Waals surface area contributed by atoms with Crippen molar-refractivity contribution in [1.29, 1.82) is 0 Å². The average molecular weight is 367 g/mol. The number of hydrogen-bond donors (Lipinski definition) is 2. The van der Waals surface area contributed by atoms with Crippen molar-refractivity contribution in [3.63, 3.8) is 0 Å². The Labute approximate surface area is 154 Å². The third kappa shape index (κ3) is 3.46. The molecule has 0 bridgehead atoms. The van der Waals surface area contributed by atoms with E-state index in [1.165, 1.54) is 12.1 Å². The minimum atomic E-state index is -0.310. The first kappa shape index (κ1) is 16.7. The molecule has 3 aromatic rings. The number of hydrogen-bond acceptors (Lipinski definition) is 4. The number of para-hydroxylation sites is 1. The maximum absolute atomic E-state index is 13.0. The second kappa shape index (κ2) is 7.25. The zero-order valence-electron chi connectivity index (χ0n) is 14.0. The van der Waals surface area contributed by atoms with Gasteiger partial charge in [-0.15, -0.1) is 11.3 Å². The third-order valence-electron chi connectivity index (χ3n) is 4.57. The fourth-order valence-electron chi connectivity index (χ4n) is 3.19. The predicted octanol–water partition coefficient (Wildman–Crippen LogP) is 4.63. The van der Waals surface area contributed by atoms with E-state index < -0.39 is 0 Å². The highest BCUT2D eigenvalue weighted by Crippen LogP contribution is 2.38. The van der Waals surface area contributed by atoms with E-state index in [0.717, 1.165) is 21.6 Å². The van der Waals surface area contributed by atoms with E-state index in [-0.39, 0.29) is 23.6 Å². The van der Waals surface area contributed by atoms with Gasteiger partial charge >= 0.3 is 0 Å². The number of benzene rings is 2. The number of aromatic nitrogens is 1. The van der Waals surface area contributed by atoms with Crippen LogP contribution in [0.4, 0.5) is 10.1 Å². The van der Waals surface area contributed by atoms with Crippen LogP contribution in [0.15, 0.2) is 60.7 Å².